The van der Waals surface area contributed by atoms with Crippen molar-refractivity contribution in [1.29, 1.82) is 0 Å². The smallest absolute Gasteiger partial charge is 0.0467 e. The van der Waals surface area contributed by atoms with Crippen LogP contribution in [0.25, 0.3) is 75.1 Å². The van der Waals surface area contributed by atoms with Gasteiger partial charge in [0.1, 0.15) is 0 Å². The molecule has 0 aliphatic rings. The normalized spacial score (nSPS) is 11.5. The highest BCUT2D eigenvalue weighted by Crippen LogP contribution is 2.45. The Bertz CT molecular complexity index is 2870. The predicted molar refractivity (Wildman–Crippen MR) is 225 cm³/mol. The molecule has 52 heavy (non-hydrogen) atoms. The highest BCUT2D eigenvalue weighted by Gasteiger charge is 2.17. The monoisotopic (exact) mass is 679 g/mol. The lowest BCUT2D eigenvalue weighted by atomic mass is 9.98. The van der Waals surface area contributed by atoms with Crippen LogP contribution in [0, 0.1) is 0 Å². The van der Waals surface area contributed by atoms with Crippen molar-refractivity contribution in [1.82, 2.24) is 0 Å². The Kier molecular flexibility index (Phi) is 7.41. The van der Waals surface area contributed by atoms with E-state index in [-0.39, 0.29) is 0 Å². The molecule has 0 aliphatic carbocycles. The molecule has 0 aliphatic heterocycles. The second kappa shape index (κ2) is 12.7. The summed E-state index contributed by atoms with van der Waals surface area (Å²) in [6, 6.07) is 72.7. The summed E-state index contributed by atoms with van der Waals surface area (Å²) in [6.45, 7) is 0. The molecule has 9 aromatic carbocycles. The quantitative estimate of drug-likeness (QED) is 0.158. The van der Waals surface area contributed by atoms with E-state index >= 15 is 0 Å². The molecule has 10 rings (SSSR count). The number of fused-ring (bicyclic) bond motifs is 7. The number of hydrogen-bond acceptors (Lipinski definition) is 2. The van der Waals surface area contributed by atoms with Gasteiger partial charge in [-0.3, -0.25) is 0 Å². The SMILES string of the molecule is c1ccc(-c2ccc(-c3ccc(N(c4ccccc4)c4cccc(-c5cccc6c5sc5c6ccc6ccc7ccccc7c65)c4)cc3)cc2)cc1. The fourth-order valence-corrected chi connectivity index (χ4v) is 9.10. The summed E-state index contributed by atoms with van der Waals surface area (Å²) in [6.07, 6.45) is 0. The third-order valence-corrected chi connectivity index (χ3v) is 11.5. The molecule has 1 nitrogen and oxygen atoms in total. The van der Waals surface area contributed by atoms with Crippen LogP contribution in [0.15, 0.2) is 200 Å². The summed E-state index contributed by atoms with van der Waals surface area (Å²) in [5.74, 6) is 0. The van der Waals surface area contributed by atoms with Crippen molar-refractivity contribution in [2.75, 3.05) is 4.90 Å². The van der Waals surface area contributed by atoms with Crippen LogP contribution in [-0.2, 0) is 0 Å². The van der Waals surface area contributed by atoms with Crippen LogP contribution in [0.4, 0.5) is 17.1 Å². The number of nitrogens with zero attached hydrogens (tertiary/aromatic N) is 1. The highest BCUT2D eigenvalue weighted by atomic mass is 32.1. The van der Waals surface area contributed by atoms with Crippen LogP contribution in [0.1, 0.15) is 0 Å². The molecule has 0 N–H and O–H groups in total. The number of benzene rings is 9. The Balaban J connectivity index is 1.06. The van der Waals surface area contributed by atoms with Crippen molar-refractivity contribution < 1.29 is 0 Å². The first-order valence-electron chi connectivity index (χ1n) is 17.8. The third kappa shape index (κ3) is 5.24. The summed E-state index contributed by atoms with van der Waals surface area (Å²) in [4.78, 5) is 2.36. The lowest BCUT2D eigenvalue weighted by molar-refractivity contribution is 1.28. The molecule has 2 heteroatoms. The average molecular weight is 680 g/mol. The summed E-state index contributed by atoms with van der Waals surface area (Å²) in [7, 11) is 0. The van der Waals surface area contributed by atoms with Gasteiger partial charge in [-0.2, -0.15) is 0 Å². The lowest BCUT2D eigenvalue weighted by Crippen LogP contribution is -2.09. The summed E-state index contributed by atoms with van der Waals surface area (Å²) >= 11 is 1.92. The molecule has 244 valence electrons. The van der Waals surface area contributed by atoms with Gasteiger partial charge in [-0.15, -0.1) is 11.3 Å². The van der Waals surface area contributed by atoms with Crippen molar-refractivity contribution in [2.24, 2.45) is 0 Å². The van der Waals surface area contributed by atoms with E-state index in [0.717, 1.165) is 17.1 Å². The lowest BCUT2D eigenvalue weighted by Gasteiger charge is -2.26. The Morgan fingerprint density at radius 3 is 1.60 bits per heavy atom. The summed E-state index contributed by atoms with van der Waals surface area (Å²) in [5.41, 5.74) is 10.7. The van der Waals surface area contributed by atoms with Gasteiger partial charge in [0, 0.05) is 42.6 Å². The van der Waals surface area contributed by atoms with Gasteiger partial charge in [0.2, 0.25) is 0 Å². The van der Waals surface area contributed by atoms with Crippen molar-refractivity contribution >= 4 is 70.1 Å². The predicted octanol–water partition coefficient (Wildman–Crippen LogP) is 14.8. The molecule has 0 unspecified atom stereocenters. The van der Waals surface area contributed by atoms with Gasteiger partial charge in [0.15, 0.2) is 0 Å². The van der Waals surface area contributed by atoms with Gasteiger partial charge in [-0.1, -0.05) is 164 Å². The number of hydrogen-bond donors (Lipinski definition) is 0. The molecule has 0 spiro atoms. The maximum absolute atomic E-state index is 2.36. The summed E-state index contributed by atoms with van der Waals surface area (Å²) in [5, 5.41) is 7.86. The van der Waals surface area contributed by atoms with Crippen LogP contribution >= 0.6 is 11.3 Å². The van der Waals surface area contributed by atoms with Crippen molar-refractivity contribution in [3.05, 3.63) is 200 Å². The van der Waals surface area contributed by atoms with Gasteiger partial charge in [-0.05, 0) is 85.9 Å². The van der Waals surface area contributed by atoms with Crippen LogP contribution in [0.3, 0.4) is 0 Å². The van der Waals surface area contributed by atoms with E-state index in [9.17, 15) is 0 Å². The topological polar surface area (TPSA) is 3.24 Å². The van der Waals surface area contributed by atoms with Crippen molar-refractivity contribution in [3.63, 3.8) is 0 Å². The second-order valence-electron chi connectivity index (χ2n) is 13.3. The zero-order chi connectivity index (χ0) is 34.4. The van der Waals surface area contributed by atoms with E-state index < -0.39 is 0 Å². The minimum absolute atomic E-state index is 1.12. The number of para-hydroxylation sites is 1. The Hall–Kier alpha value is -6.48. The number of anilines is 3. The molecule has 0 radical (unpaired) electrons. The van der Waals surface area contributed by atoms with Crippen LogP contribution in [0.2, 0.25) is 0 Å². The Morgan fingerprint density at radius 1 is 0.308 bits per heavy atom. The molecular formula is C50H33NS. The molecule has 0 atom stereocenters. The third-order valence-electron chi connectivity index (χ3n) is 10.3. The maximum atomic E-state index is 2.36. The minimum Gasteiger partial charge on any atom is -0.310 e. The molecule has 1 heterocycles. The van der Waals surface area contributed by atoms with Gasteiger partial charge in [-0.25, -0.2) is 0 Å². The van der Waals surface area contributed by atoms with Gasteiger partial charge in [0.05, 0.1) is 0 Å². The van der Waals surface area contributed by atoms with Crippen molar-refractivity contribution in [2.45, 2.75) is 0 Å². The van der Waals surface area contributed by atoms with Crippen LogP contribution in [0.5, 0.6) is 0 Å². The zero-order valence-electron chi connectivity index (χ0n) is 28.4. The first kappa shape index (κ1) is 30.4. The van der Waals surface area contributed by atoms with Crippen LogP contribution < -0.4 is 4.90 Å². The van der Waals surface area contributed by atoms with E-state index in [1.54, 1.807) is 0 Å². The first-order chi connectivity index (χ1) is 25.8. The average Bonchev–Trinajstić information content (AvgIpc) is 3.61. The number of rotatable bonds is 6. The highest BCUT2D eigenvalue weighted by molar-refractivity contribution is 7.27. The van der Waals surface area contributed by atoms with E-state index in [1.165, 1.54) is 75.1 Å². The van der Waals surface area contributed by atoms with E-state index in [4.69, 9.17) is 0 Å². The van der Waals surface area contributed by atoms with E-state index in [2.05, 4.69) is 205 Å². The van der Waals surface area contributed by atoms with E-state index in [1.807, 2.05) is 11.3 Å². The Morgan fingerprint density at radius 2 is 0.827 bits per heavy atom. The fourth-order valence-electron chi connectivity index (χ4n) is 7.70. The van der Waals surface area contributed by atoms with Crippen LogP contribution in [-0.4, -0.2) is 0 Å². The maximum Gasteiger partial charge on any atom is 0.0467 e. The molecular weight excluding hydrogens is 647 g/mol. The molecule has 0 bridgehead atoms. The fraction of sp³-hybridized carbons (Fsp3) is 0. The number of thiophene rings is 1. The molecule has 10 aromatic rings. The largest absolute Gasteiger partial charge is 0.310 e. The van der Waals surface area contributed by atoms with Crippen molar-refractivity contribution in [3.8, 4) is 33.4 Å². The molecule has 0 saturated carbocycles. The van der Waals surface area contributed by atoms with Gasteiger partial charge >= 0.3 is 0 Å². The molecule has 0 fully saturated rings. The molecule has 1 aromatic heterocycles. The molecule has 0 amide bonds. The molecule has 0 saturated heterocycles. The standard InChI is InChI=1S/C50H33NS/c1-3-11-34(12-4-1)35-21-23-36(24-22-35)37-27-30-42(31-28-37)51(41-15-5-2-6-16-41)43-17-9-14-40(33-43)45-19-10-20-46-47-32-29-39-26-25-38-13-7-8-18-44(38)48(39)50(47)52-49(45)46/h1-33H. The minimum atomic E-state index is 1.12. The Labute approximate surface area is 307 Å². The first-order valence-corrected chi connectivity index (χ1v) is 18.6. The second-order valence-corrected chi connectivity index (χ2v) is 14.3. The summed E-state index contributed by atoms with van der Waals surface area (Å²) < 4.78 is 2.68. The van der Waals surface area contributed by atoms with E-state index in [0.29, 0.717) is 0 Å². The van der Waals surface area contributed by atoms with Gasteiger partial charge in [0.25, 0.3) is 0 Å². The van der Waals surface area contributed by atoms with Gasteiger partial charge < -0.3 is 4.90 Å². The zero-order valence-corrected chi connectivity index (χ0v) is 29.2.